The van der Waals surface area contributed by atoms with Crippen molar-refractivity contribution in [2.24, 2.45) is 0 Å². The van der Waals surface area contributed by atoms with Crippen LogP contribution in [0.15, 0.2) is 67.1 Å². The van der Waals surface area contributed by atoms with Gasteiger partial charge in [0.15, 0.2) is 5.65 Å². The van der Waals surface area contributed by atoms with Gasteiger partial charge in [0.25, 0.3) is 0 Å². The van der Waals surface area contributed by atoms with Gasteiger partial charge in [-0.3, -0.25) is 4.98 Å². The fourth-order valence-corrected chi connectivity index (χ4v) is 3.43. The van der Waals surface area contributed by atoms with E-state index in [1.165, 1.54) is 0 Å². The van der Waals surface area contributed by atoms with E-state index in [4.69, 9.17) is 5.73 Å². The van der Waals surface area contributed by atoms with E-state index in [-0.39, 0.29) is 11.3 Å². The third-order valence-corrected chi connectivity index (χ3v) is 4.76. The van der Waals surface area contributed by atoms with Crippen molar-refractivity contribution in [3.63, 3.8) is 0 Å². The van der Waals surface area contributed by atoms with E-state index in [1.54, 1.807) is 36.8 Å². The number of hydrogen-bond acceptors (Lipinski definition) is 5. The lowest BCUT2D eigenvalue weighted by molar-refractivity contribution is 0.602. The van der Waals surface area contributed by atoms with Crippen molar-refractivity contribution < 1.29 is 8.78 Å². The predicted molar refractivity (Wildman–Crippen MR) is 108 cm³/mol. The van der Waals surface area contributed by atoms with Crippen molar-refractivity contribution in [3.8, 4) is 22.5 Å². The SMILES string of the molecule is Nc1nccc2c(-c3cc(-c4cc(F)ccc4F)nc4ncccc34)nccc12. The second-order valence-electron chi connectivity index (χ2n) is 6.50. The van der Waals surface area contributed by atoms with Crippen LogP contribution in [-0.2, 0) is 0 Å². The van der Waals surface area contributed by atoms with Crippen LogP contribution in [0.3, 0.4) is 0 Å². The molecule has 7 heteroatoms. The van der Waals surface area contributed by atoms with E-state index in [0.29, 0.717) is 22.7 Å². The van der Waals surface area contributed by atoms with Crippen LogP contribution in [0.5, 0.6) is 0 Å². The normalized spacial score (nSPS) is 11.2. The van der Waals surface area contributed by atoms with Crippen LogP contribution in [0.25, 0.3) is 44.3 Å². The molecule has 5 rings (SSSR count). The van der Waals surface area contributed by atoms with Crippen molar-refractivity contribution in [1.29, 1.82) is 0 Å². The third kappa shape index (κ3) is 2.84. The Hall–Kier alpha value is -4.00. The Morgan fingerprint density at radius 1 is 0.724 bits per heavy atom. The molecule has 0 aliphatic carbocycles. The number of rotatable bonds is 2. The van der Waals surface area contributed by atoms with Crippen molar-refractivity contribution in [2.45, 2.75) is 0 Å². The van der Waals surface area contributed by atoms with Gasteiger partial charge in [0, 0.05) is 45.9 Å². The molecular formula is C22H13F2N5. The number of halogens is 2. The summed E-state index contributed by atoms with van der Waals surface area (Å²) in [6.07, 6.45) is 4.85. The molecule has 0 aliphatic rings. The fourth-order valence-electron chi connectivity index (χ4n) is 3.43. The monoisotopic (exact) mass is 385 g/mol. The van der Waals surface area contributed by atoms with Crippen molar-refractivity contribution in [1.82, 2.24) is 19.9 Å². The van der Waals surface area contributed by atoms with Crippen LogP contribution in [0.2, 0.25) is 0 Å². The lowest BCUT2D eigenvalue weighted by Crippen LogP contribution is -1.97. The Kier molecular flexibility index (Phi) is 3.87. The van der Waals surface area contributed by atoms with Gasteiger partial charge >= 0.3 is 0 Å². The van der Waals surface area contributed by atoms with E-state index < -0.39 is 11.6 Å². The van der Waals surface area contributed by atoms with Crippen LogP contribution >= 0.6 is 0 Å². The number of benzene rings is 1. The highest BCUT2D eigenvalue weighted by Gasteiger charge is 2.16. The minimum atomic E-state index is -0.570. The zero-order chi connectivity index (χ0) is 20.0. The maximum absolute atomic E-state index is 14.4. The van der Waals surface area contributed by atoms with Gasteiger partial charge in [-0.15, -0.1) is 0 Å². The summed E-state index contributed by atoms with van der Waals surface area (Å²) in [5.74, 6) is -0.730. The van der Waals surface area contributed by atoms with Gasteiger partial charge in [-0.05, 0) is 48.5 Å². The zero-order valence-electron chi connectivity index (χ0n) is 15.0. The second-order valence-corrected chi connectivity index (χ2v) is 6.50. The Morgan fingerprint density at radius 2 is 1.55 bits per heavy atom. The molecule has 140 valence electrons. The molecule has 4 aromatic heterocycles. The summed E-state index contributed by atoms with van der Waals surface area (Å²) in [6.45, 7) is 0. The van der Waals surface area contributed by atoms with Crippen molar-refractivity contribution in [2.75, 3.05) is 5.73 Å². The second kappa shape index (κ2) is 6.56. The lowest BCUT2D eigenvalue weighted by Gasteiger charge is -2.12. The first-order valence-electron chi connectivity index (χ1n) is 8.82. The highest BCUT2D eigenvalue weighted by Crippen LogP contribution is 2.35. The van der Waals surface area contributed by atoms with Gasteiger partial charge in [-0.1, -0.05) is 0 Å². The Bertz CT molecular complexity index is 1400. The molecule has 0 radical (unpaired) electrons. The molecule has 0 saturated heterocycles. The molecule has 5 aromatic rings. The number of aromatic nitrogens is 4. The first kappa shape index (κ1) is 17.1. The number of nitrogens with zero attached hydrogens (tertiary/aromatic N) is 4. The first-order valence-corrected chi connectivity index (χ1v) is 8.82. The molecule has 0 amide bonds. The summed E-state index contributed by atoms with van der Waals surface area (Å²) in [7, 11) is 0. The quantitative estimate of drug-likeness (QED) is 0.474. The summed E-state index contributed by atoms with van der Waals surface area (Å²) < 4.78 is 28.2. The Labute approximate surface area is 163 Å². The van der Waals surface area contributed by atoms with Crippen molar-refractivity contribution in [3.05, 3.63) is 78.8 Å². The minimum absolute atomic E-state index is 0.0558. The Balaban J connectivity index is 1.87. The Morgan fingerprint density at radius 3 is 2.45 bits per heavy atom. The van der Waals surface area contributed by atoms with Crippen LogP contribution in [-0.4, -0.2) is 19.9 Å². The smallest absolute Gasteiger partial charge is 0.160 e. The molecule has 0 unspecified atom stereocenters. The number of hydrogen-bond donors (Lipinski definition) is 1. The average Bonchev–Trinajstić information content (AvgIpc) is 2.75. The van der Waals surface area contributed by atoms with Gasteiger partial charge in [0.1, 0.15) is 17.5 Å². The summed E-state index contributed by atoms with van der Waals surface area (Å²) >= 11 is 0. The van der Waals surface area contributed by atoms with E-state index in [1.807, 2.05) is 12.1 Å². The molecule has 5 nitrogen and oxygen atoms in total. The fraction of sp³-hybridized carbons (Fsp3) is 0. The number of anilines is 1. The average molecular weight is 385 g/mol. The highest BCUT2D eigenvalue weighted by molar-refractivity contribution is 6.05. The summed E-state index contributed by atoms with van der Waals surface area (Å²) in [6, 6.07) is 12.2. The van der Waals surface area contributed by atoms with E-state index in [2.05, 4.69) is 19.9 Å². The third-order valence-electron chi connectivity index (χ3n) is 4.76. The van der Waals surface area contributed by atoms with E-state index in [9.17, 15) is 8.78 Å². The van der Waals surface area contributed by atoms with Gasteiger partial charge < -0.3 is 5.73 Å². The number of nitrogen functional groups attached to an aromatic ring is 1. The molecule has 0 bridgehead atoms. The molecule has 2 N–H and O–H groups in total. The molecule has 0 saturated carbocycles. The molecule has 0 atom stereocenters. The maximum Gasteiger partial charge on any atom is 0.160 e. The maximum atomic E-state index is 14.4. The molecule has 29 heavy (non-hydrogen) atoms. The molecule has 4 heterocycles. The van der Waals surface area contributed by atoms with Crippen LogP contribution in [0, 0.1) is 11.6 Å². The van der Waals surface area contributed by atoms with Crippen molar-refractivity contribution >= 4 is 27.6 Å². The van der Waals surface area contributed by atoms with Crippen LogP contribution < -0.4 is 5.73 Å². The highest BCUT2D eigenvalue weighted by atomic mass is 19.1. The molecule has 1 aromatic carbocycles. The van der Waals surface area contributed by atoms with Crippen LogP contribution in [0.4, 0.5) is 14.6 Å². The lowest BCUT2D eigenvalue weighted by atomic mass is 9.99. The molecule has 0 aliphatic heterocycles. The van der Waals surface area contributed by atoms with Gasteiger partial charge in [0.2, 0.25) is 0 Å². The molecule has 0 spiro atoms. The largest absolute Gasteiger partial charge is 0.383 e. The summed E-state index contributed by atoms with van der Waals surface area (Å²) in [5, 5.41) is 2.29. The summed E-state index contributed by atoms with van der Waals surface area (Å²) in [4.78, 5) is 17.4. The standard InChI is InChI=1S/C22H13F2N5/c23-12-3-4-18(24)17(10-12)19-11-16(15-2-1-7-28-22(15)29-19)20-13-5-9-27-21(25)14(13)6-8-26-20/h1-11H,(H2,25,27). The summed E-state index contributed by atoms with van der Waals surface area (Å²) in [5.41, 5.74) is 8.08. The minimum Gasteiger partial charge on any atom is -0.383 e. The predicted octanol–water partition coefficient (Wildman–Crippen LogP) is 4.77. The van der Waals surface area contributed by atoms with Gasteiger partial charge in [-0.25, -0.2) is 23.7 Å². The van der Waals surface area contributed by atoms with Gasteiger partial charge in [0.05, 0.1) is 11.4 Å². The topological polar surface area (TPSA) is 77.6 Å². The number of pyridine rings is 4. The molecule has 0 fully saturated rings. The number of nitrogens with two attached hydrogens (primary N) is 1. The first-order chi connectivity index (χ1) is 14.1. The zero-order valence-corrected chi connectivity index (χ0v) is 15.0. The number of fused-ring (bicyclic) bond motifs is 2. The van der Waals surface area contributed by atoms with E-state index >= 15 is 0 Å². The van der Waals surface area contributed by atoms with E-state index in [0.717, 1.165) is 34.4 Å². The van der Waals surface area contributed by atoms with Crippen LogP contribution in [0.1, 0.15) is 0 Å². The van der Waals surface area contributed by atoms with Gasteiger partial charge in [-0.2, -0.15) is 0 Å². The molecular weight excluding hydrogens is 372 g/mol.